The topological polar surface area (TPSA) is 87.9 Å². The van der Waals surface area contributed by atoms with Crippen LogP contribution in [0.15, 0.2) is 24.3 Å². The Bertz CT molecular complexity index is 553. The molecule has 2 amide bonds. The highest BCUT2D eigenvalue weighted by atomic mass is 16.5. The van der Waals surface area contributed by atoms with Gasteiger partial charge in [0.2, 0.25) is 11.8 Å². The molecule has 1 atom stereocenters. The Morgan fingerprint density at radius 2 is 1.83 bits per heavy atom. The molecule has 7 heteroatoms. The van der Waals surface area contributed by atoms with Crippen molar-refractivity contribution in [3.63, 3.8) is 0 Å². The Kier molecular flexibility index (Phi) is 6.72. The van der Waals surface area contributed by atoms with E-state index < -0.39 is 6.04 Å². The van der Waals surface area contributed by atoms with Crippen molar-refractivity contribution in [2.75, 3.05) is 52.3 Å². The van der Waals surface area contributed by atoms with Gasteiger partial charge in [0.05, 0.1) is 13.0 Å². The summed E-state index contributed by atoms with van der Waals surface area (Å²) >= 11 is 0. The van der Waals surface area contributed by atoms with Gasteiger partial charge in [0.25, 0.3) is 0 Å². The first-order valence-electron chi connectivity index (χ1n) is 8.10. The summed E-state index contributed by atoms with van der Waals surface area (Å²) in [5, 5.41) is 2.73. The minimum absolute atomic E-state index is 0.141. The van der Waals surface area contributed by atoms with E-state index >= 15 is 0 Å². The predicted octanol–water partition coefficient (Wildman–Crippen LogP) is -0.0847. The number of hydrogen-bond acceptors (Lipinski definition) is 5. The van der Waals surface area contributed by atoms with Gasteiger partial charge >= 0.3 is 0 Å². The maximum atomic E-state index is 12.3. The quantitative estimate of drug-likeness (QED) is 0.759. The second kappa shape index (κ2) is 8.77. The van der Waals surface area contributed by atoms with Crippen LogP contribution >= 0.6 is 0 Å². The molecule has 1 saturated heterocycles. The fourth-order valence-corrected chi connectivity index (χ4v) is 2.54. The zero-order valence-corrected chi connectivity index (χ0v) is 14.3. The lowest BCUT2D eigenvalue weighted by atomic mass is 10.1. The van der Waals surface area contributed by atoms with E-state index in [1.54, 1.807) is 12.1 Å². The Hall–Kier alpha value is -1.96. The number of nitrogens with zero attached hydrogens (tertiary/aromatic N) is 2. The molecule has 1 heterocycles. The Morgan fingerprint density at radius 3 is 2.42 bits per heavy atom. The summed E-state index contributed by atoms with van der Waals surface area (Å²) in [7, 11) is 3.56. The van der Waals surface area contributed by atoms with Crippen molar-refractivity contribution in [1.29, 1.82) is 0 Å². The molecule has 1 aromatic rings. The lowest BCUT2D eigenvalue weighted by Crippen LogP contribution is -2.47. The molecule has 24 heavy (non-hydrogen) atoms. The number of nitrogens with two attached hydrogens (primary N) is 1. The zero-order chi connectivity index (χ0) is 17.5. The van der Waals surface area contributed by atoms with E-state index in [2.05, 4.69) is 17.3 Å². The van der Waals surface area contributed by atoms with Gasteiger partial charge in [-0.2, -0.15) is 0 Å². The van der Waals surface area contributed by atoms with Crippen LogP contribution in [-0.2, 0) is 20.7 Å². The molecule has 2 rings (SSSR count). The normalized spacial score (nSPS) is 16.7. The summed E-state index contributed by atoms with van der Waals surface area (Å²) in [5.74, 6) is -0.153. The Balaban J connectivity index is 1.85. The third kappa shape index (κ3) is 5.30. The molecular formula is C17H26N4O3. The van der Waals surface area contributed by atoms with Crippen LogP contribution in [0.3, 0.4) is 0 Å². The monoisotopic (exact) mass is 334 g/mol. The number of hydrogen-bond donors (Lipinski definition) is 2. The van der Waals surface area contributed by atoms with Gasteiger partial charge in [0, 0.05) is 39.0 Å². The highest BCUT2D eigenvalue weighted by Crippen LogP contribution is 2.12. The molecule has 3 N–H and O–H groups in total. The van der Waals surface area contributed by atoms with Gasteiger partial charge < -0.3 is 25.6 Å². The lowest BCUT2D eigenvalue weighted by Gasteiger charge is -2.32. The van der Waals surface area contributed by atoms with Crippen LogP contribution < -0.4 is 11.1 Å². The average Bonchev–Trinajstić information content (AvgIpc) is 2.57. The van der Waals surface area contributed by atoms with Crippen LogP contribution in [-0.4, -0.2) is 74.6 Å². The number of ether oxygens (including phenoxy) is 1. The number of carbonyl (C=O) groups is 2. The standard InChI is InChI=1S/C17H26N4O3/c1-20-7-9-21(10-8-20)16(22)11-13-3-5-14(6-4-13)19-17(23)15(18)12-24-2/h3-6,15H,7-12,18H2,1-2H3,(H,19,23). The van der Waals surface area contributed by atoms with E-state index in [0.29, 0.717) is 12.1 Å². The molecule has 0 aliphatic carbocycles. The highest BCUT2D eigenvalue weighted by molar-refractivity contribution is 5.94. The lowest BCUT2D eigenvalue weighted by molar-refractivity contribution is -0.132. The van der Waals surface area contributed by atoms with Crippen molar-refractivity contribution in [3.8, 4) is 0 Å². The van der Waals surface area contributed by atoms with E-state index in [1.807, 2.05) is 17.0 Å². The molecule has 1 aliphatic rings. The smallest absolute Gasteiger partial charge is 0.243 e. The predicted molar refractivity (Wildman–Crippen MR) is 92.7 cm³/mol. The first-order chi connectivity index (χ1) is 11.5. The van der Waals surface area contributed by atoms with E-state index in [4.69, 9.17) is 10.5 Å². The van der Waals surface area contributed by atoms with E-state index in [-0.39, 0.29) is 18.4 Å². The van der Waals surface area contributed by atoms with Crippen molar-refractivity contribution in [1.82, 2.24) is 9.80 Å². The number of rotatable bonds is 6. The van der Waals surface area contributed by atoms with Gasteiger partial charge in [-0.1, -0.05) is 12.1 Å². The van der Waals surface area contributed by atoms with E-state index in [0.717, 1.165) is 31.7 Å². The van der Waals surface area contributed by atoms with Crippen LogP contribution in [0.2, 0.25) is 0 Å². The second-order valence-corrected chi connectivity index (χ2v) is 6.11. The Morgan fingerprint density at radius 1 is 1.21 bits per heavy atom. The van der Waals surface area contributed by atoms with Crippen molar-refractivity contribution in [2.24, 2.45) is 5.73 Å². The average molecular weight is 334 g/mol. The second-order valence-electron chi connectivity index (χ2n) is 6.11. The number of nitrogens with one attached hydrogen (secondary N) is 1. The Labute approximate surface area is 142 Å². The number of piperazine rings is 1. The number of benzene rings is 1. The summed E-state index contributed by atoms with van der Waals surface area (Å²) in [4.78, 5) is 28.2. The van der Waals surface area contributed by atoms with Crippen molar-refractivity contribution >= 4 is 17.5 Å². The summed E-state index contributed by atoms with van der Waals surface area (Å²) in [6.07, 6.45) is 0.376. The molecule has 0 radical (unpaired) electrons. The third-order valence-electron chi connectivity index (χ3n) is 4.12. The minimum atomic E-state index is -0.700. The number of likely N-dealkylation sites (N-methyl/N-ethyl adjacent to an activating group) is 1. The van der Waals surface area contributed by atoms with Crippen LogP contribution in [0.25, 0.3) is 0 Å². The number of amides is 2. The summed E-state index contributed by atoms with van der Waals surface area (Å²) in [6, 6.07) is 6.57. The summed E-state index contributed by atoms with van der Waals surface area (Å²) in [6.45, 7) is 3.56. The molecule has 1 fully saturated rings. The van der Waals surface area contributed by atoms with Crippen LogP contribution in [0, 0.1) is 0 Å². The molecule has 0 saturated carbocycles. The maximum Gasteiger partial charge on any atom is 0.243 e. The van der Waals surface area contributed by atoms with Gasteiger partial charge in [-0.3, -0.25) is 9.59 Å². The summed E-state index contributed by atoms with van der Waals surface area (Å²) in [5.41, 5.74) is 7.26. The molecule has 7 nitrogen and oxygen atoms in total. The van der Waals surface area contributed by atoms with Gasteiger partial charge in [-0.05, 0) is 24.7 Å². The molecule has 1 aliphatic heterocycles. The van der Waals surface area contributed by atoms with E-state index in [9.17, 15) is 9.59 Å². The third-order valence-corrected chi connectivity index (χ3v) is 4.12. The van der Waals surface area contributed by atoms with Crippen molar-refractivity contribution in [2.45, 2.75) is 12.5 Å². The zero-order valence-electron chi connectivity index (χ0n) is 14.3. The van der Waals surface area contributed by atoms with Crippen molar-refractivity contribution < 1.29 is 14.3 Å². The molecule has 1 unspecified atom stereocenters. The fraction of sp³-hybridized carbons (Fsp3) is 0.529. The first kappa shape index (κ1) is 18.4. The molecule has 0 aromatic heterocycles. The van der Waals surface area contributed by atoms with Crippen LogP contribution in [0.4, 0.5) is 5.69 Å². The first-order valence-corrected chi connectivity index (χ1v) is 8.10. The van der Waals surface area contributed by atoms with Gasteiger partial charge in [-0.15, -0.1) is 0 Å². The molecule has 132 valence electrons. The molecule has 1 aromatic carbocycles. The largest absolute Gasteiger partial charge is 0.383 e. The fourth-order valence-electron chi connectivity index (χ4n) is 2.54. The van der Waals surface area contributed by atoms with Crippen LogP contribution in [0.5, 0.6) is 0 Å². The maximum absolute atomic E-state index is 12.3. The van der Waals surface area contributed by atoms with Gasteiger partial charge in [0.1, 0.15) is 6.04 Å². The van der Waals surface area contributed by atoms with Crippen LogP contribution in [0.1, 0.15) is 5.56 Å². The number of methoxy groups -OCH3 is 1. The molecule has 0 spiro atoms. The summed E-state index contributed by atoms with van der Waals surface area (Å²) < 4.78 is 4.86. The number of anilines is 1. The van der Waals surface area contributed by atoms with Gasteiger partial charge in [-0.25, -0.2) is 0 Å². The van der Waals surface area contributed by atoms with Gasteiger partial charge in [0.15, 0.2) is 0 Å². The number of carbonyl (C=O) groups excluding carboxylic acids is 2. The minimum Gasteiger partial charge on any atom is -0.383 e. The highest BCUT2D eigenvalue weighted by Gasteiger charge is 2.19. The van der Waals surface area contributed by atoms with Crippen molar-refractivity contribution in [3.05, 3.63) is 29.8 Å². The molecule has 0 bridgehead atoms. The van der Waals surface area contributed by atoms with E-state index in [1.165, 1.54) is 7.11 Å². The molecular weight excluding hydrogens is 308 g/mol. The SMILES string of the molecule is COCC(N)C(=O)Nc1ccc(CC(=O)N2CCN(C)CC2)cc1.